The van der Waals surface area contributed by atoms with Crippen molar-refractivity contribution in [2.24, 2.45) is 0 Å². The molecule has 188 valence electrons. The van der Waals surface area contributed by atoms with Gasteiger partial charge in [0.2, 0.25) is 5.91 Å². The van der Waals surface area contributed by atoms with Crippen molar-refractivity contribution < 1.29 is 23.9 Å². The molecular formula is C28H29BrN2O5. The second-order valence-electron chi connectivity index (χ2n) is 8.44. The lowest BCUT2D eigenvalue weighted by Crippen LogP contribution is -2.21. The summed E-state index contributed by atoms with van der Waals surface area (Å²) in [6, 6.07) is 18.4. The number of benzene rings is 3. The number of carbonyl (C=O) groups is 3. The van der Waals surface area contributed by atoms with Crippen LogP contribution in [-0.4, -0.2) is 24.4 Å². The molecule has 7 nitrogen and oxygen atoms in total. The lowest BCUT2D eigenvalue weighted by Gasteiger charge is -2.10. The molecule has 0 aromatic heterocycles. The van der Waals surface area contributed by atoms with E-state index < -0.39 is 11.9 Å². The molecule has 0 saturated carbocycles. The van der Waals surface area contributed by atoms with Crippen LogP contribution in [0.3, 0.4) is 0 Å². The molecule has 0 heterocycles. The van der Waals surface area contributed by atoms with Crippen molar-refractivity contribution in [3.63, 3.8) is 0 Å². The maximum Gasteiger partial charge on any atom is 0.306 e. The number of rotatable bonds is 10. The molecule has 0 aliphatic rings. The summed E-state index contributed by atoms with van der Waals surface area (Å²) >= 11 is 3.37. The van der Waals surface area contributed by atoms with Crippen molar-refractivity contribution in [1.29, 1.82) is 0 Å². The first kappa shape index (κ1) is 26.9. The highest BCUT2D eigenvalue weighted by molar-refractivity contribution is 9.10. The van der Waals surface area contributed by atoms with Gasteiger partial charge in [-0.2, -0.15) is 0 Å². The van der Waals surface area contributed by atoms with E-state index in [0.29, 0.717) is 23.5 Å². The second kappa shape index (κ2) is 12.9. The zero-order chi connectivity index (χ0) is 26.1. The van der Waals surface area contributed by atoms with Crippen LogP contribution in [0.5, 0.6) is 11.5 Å². The van der Waals surface area contributed by atoms with E-state index in [1.165, 1.54) is 5.56 Å². The number of hydrogen-bond donors (Lipinski definition) is 2. The van der Waals surface area contributed by atoms with Gasteiger partial charge >= 0.3 is 5.97 Å². The molecule has 2 N–H and O–H groups in total. The summed E-state index contributed by atoms with van der Waals surface area (Å²) in [6.07, 6.45) is 0.507. The van der Waals surface area contributed by atoms with Crippen molar-refractivity contribution in [2.45, 2.75) is 40.0 Å². The molecule has 0 atom stereocenters. The number of amides is 2. The fourth-order valence-corrected chi connectivity index (χ4v) is 3.78. The van der Waals surface area contributed by atoms with Crippen LogP contribution in [0.15, 0.2) is 65.1 Å². The van der Waals surface area contributed by atoms with Gasteiger partial charge in [-0.15, -0.1) is 0 Å². The predicted octanol–water partition coefficient (Wildman–Crippen LogP) is 6.46. The Labute approximate surface area is 219 Å². The third-order valence-corrected chi connectivity index (χ3v) is 5.96. The number of anilines is 2. The first-order chi connectivity index (χ1) is 17.2. The Hall–Kier alpha value is -3.65. The van der Waals surface area contributed by atoms with Gasteiger partial charge in [0.25, 0.3) is 5.91 Å². The highest BCUT2D eigenvalue weighted by Gasteiger charge is 2.11. The Morgan fingerprint density at radius 2 is 1.47 bits per heavy atom. The van der Waals surface area contributed by atoms with Crippen LogP contribution in [0.25, 0.3) is 0 Å². The third-order valence-electron chi connectivity index (χ3n) is 5.46. The van der Waals surface area contributed by atoms with Crippen molar-refractivity contribution in [1.82, 2.24) is 0 Å². The number of nitrogens with one attached hydrogen (secondary N) is 2. The Balaban J connectivity index is 1.34. The van der Waals surface area contributed by atoms with E-state index >= 15 is 0 Å². The SMILES string of the molecule is Cc1ccc(Oc2ccc(NC(=O)CCCC(=O)OCC(=O)Nc3ccc(Br)cc3C)cc2)cc1C. The first-order valence-corrected chi connectivity index (χ1v) is 12.4. The van der Waals surface area contributed by atoms with E-state index in [2.05, 4.69) is 26.6 Å². The standard InChI is InChI=1S/C28H29BrN2O5/c1-18-7-11-24(16-19(18)2)36-23-12-9-22(10-13-23)30-26(32)5-4-6-28(34)35-17-27(33)31-25-14-8-21(29)15-20(25)3/h7-16H,4-6,17H2,1-3H3,(H,30,32)(H,31,33). The maximum absolute atomic E-state index is 12.2. The first-order valence-electron chi connectivity index (χ1n) is 11.6. The number of aryl methyl sites for hydroxylation is 3. The van der Waals surface area contributed by atoms with Gasteiger partial charge in [0.05, 0.1) is 0 Å². The summed E-state index contributed by atoms with van der Waals surface area (Å²) in [5.74, 6) is 0.255. The fourth-order valence-electron chi connectivity index (χ4n) is 3.31. The summed E-state index contributed by atoms with van der Waals surface area (Å²) in [5, 5.41) is 5.50. The van der Waals surface area contributed by atoms with Crippen LogP contribution in [0.1, 0.15) is 36.0 Å². The summed E-state index contributed by atoms with van der Waals surface area (Å²) in [6.45, 7) is 5.57. The van der Waals surface area contributed by atoms with Gasteiger partial charge in [-0.1, -0.05) is 22.0 Å². The van der Waals surface area contributed by atoms with E-state index in [1.807, 2.05) is 51.1 Å². The summed E-state index contributed by atoms with van der Waals surface area (Å²) < 4.78 is 11.8. The zero-order valence-electron chi connectivity index (χ0n) is 20.5. The average Bonchev–Trinajstić information content (AvgIpc) is 2.83. The molecule has 0 bridgehead atoms. The number of ether oxygens (including phenoxy) is 2. The number of esters is 1. The number of halogens is 1. The Morgan fingerprint density at radius 1 is 0.750 bits per heavy atom. The summed E-state index contributed by atoms with van der Waals surface area (Å²) in [4.78, 5) is 36.1. The quantitative estimate of drug-likeness (QED) is 0.281. The molecule has 36 heavy (non-hydrogen) atoms. The molecule has 0 radical (unpaired) electrons. The van der Waals surface area contributed by atoms with Gasteiger partial charge in [-0.3, -0.25) is 14.4 Å². The Bertz CT molecular complexity index is 1240. The molecule has 3 rings (SSSR count). The highest BCUT2D eigenvalue weighted by Crippen LogP contribution is 2.25. The zero-order valence-corrected chi connectivity index (χ0v) is 22.1. The Kier molecular flexibility index (Phi) is 9.64. The van der Waals surface area contributed by atoms with Crippen LogP contribution in [0.2, 0.25) is 0 Å². The lowest BCUT2D eigenvalue weighted by molar-refractivity contribution is -0.147. The maximum atomic E-state index is 12.2. The van der Waals surface area contributed by atoms with Gasteiger partial charge in [0.1, 0.15) is 11.5 Å². The molecule has 0 fully saturated rings. The Morgan fingerprint density at radius 3 is 2.17 bits per heavy atom. The minimum Gasteiger partial charge on any atom is -0.457 e. The predicted molar refractivity (Wildman–Crippen MR) is 143 cm³/mol. The summed E-state index contributed by atoms with van der Waals surface area (Å²) in [5.41, 5.74) is 4.53. The highest BCUT2D eigenvalue weighted by atomic mass is 79.9. The molecular weight excluding hydrogens is 524 g/mol. The largest absolute Gasteiger partial charge is 0.457 e. The van der Waals surface area contributed by atoms with E-state index in [-0.39, 0.29) is 25.4 Å². The van der Waals surface area contributed by atoms with Crippen LogP contribution in [-0.2, 0) is 19.1 Å². The van der Waals surface area contributed by atoms with Crippen molar-refractivity contribution in [3.8, 4) is 11.5 Å². The van der Waals surface area contributed by atoms with E-state index in [4.69, 9.17) is 9.47 Å². The molecule has 0 aliphatic heterocycles. The van der Waals surface area contributed by atoms with Crippen molar-refractivity contribution >= 4 is 45.1 Å². The van der Waals surface area contributed by atoms with Crippen LogP contribution >= 0.6 is 15.9 Å². The molecule has 0 spiro atoms. The van der Waals surface area contributed by atoms with Gasteiger partial charge in [0, 0.05) is 28.7 Å². The third kappa shape index (κ3) is 8.53. The number of carbonyl (C=O) groups excluding carboxylic acids is 3. The van der Waals surface area contributed by atoms with E-state index in [1.54, 1.807) is 30.3 Å². The average molecular weight is 553 g/mol. The minimum atomic E-state index is -0.529. The fraction of sp³-hybridized carbons (Fsp3) is 0.250. The van der Waals surface area contributed by atoms with E-state index in [0.717, 1.165) is 21.3 Å². The smallest absolute Gasteiger partial charge is 0.306 e. The van der Waals surface area contributed by atoms with Crippen LogP contribution in [0, 0.1) is 20.8 Å². The van der Waals surface area contributed by atoms with Crippen LogP contribution in [0.4, 0.5) is 11.4 Å². The van der Waals surface area contributed by atoms with Gasteiger partial charge in [-0.05, 0) is 98.5 Å². The minimum absolute atomic E-state index is 0.0424. The lowest BCUT2D eigenvalue weighted by atomic mass is 10.1. The molecule has 0 saturated heterocycles. The molecule has 0 unspecified atom stereocenters. The van der Waals surface area contributed by atoms with Crippen molar-refractivity contribution in [3.05, 3.63) is 81.8 Å². The topological polar surface area (TPSA) is 93.7 Å². The molecule has 8 heteroatoms. The van der Waals surface area contributed by atoms with Gasteiger partial charge in [-0.25, -0.2) is 0 Å². The second-order valence-corrected chi connectivity index (χ2v) is 9.36. The van der Waals surface area contributed by atoms with Crippen LogP contribution < -0.4 is 15.4 Å². The van der Waals surface area contributed by atoms with Gasteiger partial charge < -0.3 is 20.1 Å². The molecule has 2 amide bonds. The molecule has 3 aromatic rings. The van der Waals surface area contributed by atoms with Gasteiger partial charge in [0.15, 0.2) is 6.61 Å². The molecule has 0 aliphatic carbocycles. The number of hydrogen-bond acceptors (Lipinski definition) is 5. The summed E-state index contributed by atoms with van der Waals surface area (Å²) in [7, 11) is 0. The van der Waals surface area contributed by atoms with Crippen molar-refractivity contribution in [2.75, 3.05) is 17.2 Å². The monoisotopic (exact) mass is 552 g/mol. The molecule has 3 aromatic carbocycles. The normalized spacial score (nSPS) is 10.4. The van der Waals surface area contributed by atoms with E-state index in [9.17, 15) is 14.4 Å².